The van der Waals surface area contributed by atoms with Crippen LogP contribution in [0.5, 0.6) is 0 Å². The lowest BCUT2D eigenvalue weighted by molar-refractivity contribution is -0.385. The van der Waals surface area contributed by atoms with Crippen LogP contribution in [0.25, 0.3) is 5.82 Å². The van der Waals surface area contributed by atoms with Crippen molar-refractivity contribution in [3.8, 4) is 5.82 Å². The molecule has 0 spiro atoms. The van der Waals surface area contributed by atoms with Crippen molar-refractivity contribution >= 4 is 11.7 Å². The molecule has 0 fully saturated rings. The van der Waals surface area contributed by atoms with Gasteiger partial charge in [-0.05, 0) is 6.07 Å². The molecule has 0 aliphatic rings. The first-order valence-electron chi connectivity index (χ1n) is 4.72. The number of rotatable bonds is 3. The molecule has 2 rings (SSSR count). The topological polar surface area (TPSA) is 113 Å². The Bertz CT molecular complexity index is 591. The summed E-state index contributed by atoms with van der Waals surface area (Å²) in [5.41, 5.74) is -0.132. The third kappa shape index (κ3) is 2.14. The first-order valence-corrected chi connectivity index (χ1v) is 4.72. The minimum atomic E-state index is -0.671. The molecule has 9 heteroatoms. The van der Waals surface area contributed by atoms with Gasteiger partial charge in [-0.1, -0.05) is 0 Å². The minimum Gasteiger partial charge on any atom is -0.463 e. The molecule has 2 aromatic heterocycles. The van der Waals surface area contributed by atoms with Gasteiger partial charge >= 0.3 is 5.97 Å². The van der Waals surface area contributed by atoms with Gasteiger partial charge in [-0.25, -0.2) is 19.4 Å². The van der Waals surface area contributed by atoms with Crippen LogP contribution >= 0.6 is 0 Å². The van der Waals surface area contributed by atoms with Crippen molar-refractivity contribution in [3.63, 3.8) is 0 Å². The van der Waals surface area contributed by atoms with E-state index in [4.69, 9.17) is 0 Å². The number of ether oxygens (including phenoxy) is 1. The molecule has 92 valence electrons. The van der Waals surface area contributed by atoms with E-state index in [2.05, 4.69) is 19.8 Å². The number of esters is 1. The van der Waals surface area contributed by atoms with Crippen molar-refractivity contribution in [2.45, 2.75) is 0 Å². The Balaban J connectivity index is 2.29. The number of nitro groups is 1. The van der Waals surface area contributed by atoms with E-state index in [0.29, 0.717) is 5.82 Å². The summed E-state index contributed by atoms with van der Waals surface area (Å²) < 4.78 is 5.67. The van der Waals surface area contributed by atoms with Crippen LogP contribution in [0.1, 0.15) is 10.6 Å². The third-order valence-electron chi connectivity index (χ3n) is 2.04. The van der Waals surface area contributed by atoms with Gasteiger partial charge in [0.05, 0.1) is 12.0 Å². The molecular weight excluding hydrogens is 242 g/mol. The van der Waals surface area contributed by atoms with Crippen molar-refractivity contribution in [3.05, 3.63) is 40.6 Å². The summed E-state index contributed by atoms with van der Waals surface area (Å²) in [6.07, 6.45) is 2.36. The lowest BCUT2D eigenvalue weighted by Crippen LogP contribution is -2.05. The van der Waals surface area contributed by atoms with Crippen molar-refractivity contribution in [1.82, 2.24) is 19.7 Å². The lowest BCUT2D eigenvalue weighted by Gasteiger charge is -1.97. The predicted octanol–water partition coefficient (Wildman–Crippen LogP) is 0.357. The number of carbonyl (C=O) groups is 1. The van der Waals surface area contributed by atoms with Gasteiger partial charge in [-0.3, -0.25) is 10.1 Å². The molecule has 2 heterocycles. The van der Waals surface area contributed by atoms with Crippen LogP contribution in [0.15, 0.2) is 24.7 Å². The van der Waals surface area contributed by atoms with Crippen LogP contribution < -0.4 is 0 Å². The number of carbonyl (C=O) groups excluding carboxylic acids is 1. The molecule has 0 aliphatic heterocycles. The second-order valence-corrected chi connectivity index (χ2v) is 3.14. The molecule has 0 bridgehead atoms. The molecule has 0 saturated carbocycles. The van der Waals surface area contributed by atoms with E-state index >= 15 is 0 Å². The van der Waals surface area contributed by atoms with Gasteiger partial charge in [0.1, 0.15) is 12.5 Å². The molecule has 0 N–H and O–H groups in total. The van der Waals surface area contributed by atoms with Crippen molar-refractivity contribution in [2.24, 2.45) is 0 Å². The normalized spacial score (nSPS) is 10.1. The molecular formula is C9H7N5O4. The molecule has 2 aromatic rings. The van der Waals surface area contributed by atoms with Crippen LogP contribution in [-0.2, 0) is 4.74 Å². The van der Waals surface area contributed by atoms with E-state index in [-0.39, 0.29) is 11.5 Å². The average Bonchev–Trinajstić information content (AvgIpc) is 2.87. The van der Waals surface area contributed by atoms with Gasteiger partial charge in [-0.15, -0.1) is 5.10 Å². The number of hydrogen-bond donors (Lipinski definition) is 0. The van der Waals surface area contributed by atoms with Gasteiger partial charge in [-0.2, -0.15) is 0 Å². The van der Waals surface area contributed by atoms with Crippen molar-refractivity contribution < 1.29 is 14.5 Å². The summed E-state index contributed by atoms with van der Waals surface area (Å²) >= 11 is 0. The highest BCUT2D eigenvalue weighted by atomic mass is 16.6. The molecule has 9 nitrogen and oxygen atoms in total. The third-order valence-corrected chi connectivity index (χ3v) is 2.04. The van der Waals surface area contributed by atoms with Crippen LogP contribution in [-0.4, -0.2) is 37.8 Å². The zero-order chi connectivity index (χ0) is 13.1. The maximum Gasteiger partial charge on any atom is 0.377 e. The Kier molecular flexibility index (Phi) is 2.96. The molecule has 0 aromatic carbocycles. The Morgan fingerprint density at radius 2 is 2.22 bits per heavy atom. The maximum absolute atomic E-state index is 11.1. The van der Waals surface area contributed by atoms with E-state index in [0.717, 1.165) is 6.20 Å². The minimum absolute atomic E-state index is 0.113. The highest BCUT2D eigenvalue weighted by molar-refractivity contribution is 5.84. The summed E-state index contributed by atoms with van der Waals surface area (Å²) in [5.74, 6) is -0.475. The number of hydrogen-bond acceptors (Lipinski definition) is 7. The number of nitrogens with zero attached hydrogens (tertiary/aromatic N) is 5. The number of methoxy groups -OCH3 is 1. The Morgan fingerprint density at radius 3 is 2.78 bits per heavy atom. The molecule has 0 amide bonds. The standard InChI is InChI=1S/C9H7N5O4/c1-18-9(15)8-11-5-13(12-8)7-3-2-6(4-10-7)14(16)17/h2-5H,1H3. The highest BCUT2D eigenvalue weighted by Crippen LogP contribution is 2.11. The monoisotopic (exact) mass is 249 g/mol. The van der Waals surface area contributed by atoms with Gasteiger partial charge in [0.25, 0.3) is 11.5 Å². The van der Waals surface area contributed by atoms with Crippen molar-refractivity contribution in [2.75, 3.05) is 7.11 Å². The van der Waals surface area contributed by atoms with Crippen LogP contribution in [0, 0.1) is 10.1 Å². The largest absolute Gasteiger partial charge is 0.463 e. The van der Waals surface area contributed by atoms with E-state index in [1.54, 1.807) is 0 Å². The smallest absolute Gasteiger partial charge is 0.377 e. The van der Waals surface area contributed by atoms with E-state index in [9.17, 15) is 14.9 Å². The first kappa shape index (κ1) is 11.6. The summed E-state index contributed by atoms with van der Waals surface area (Å²) in [6.45, 7) is 0. The van der Waals surface area contributed by atoms with Gasteiger partial charge in [0.15, 0.2) is 5.82 Å². The lowest BCUT2D eigenvalue weighted by atomic mass is 10.4. The van der Waals surface area contributed by atoms with Crippen molar-refractivity contribution in [1.29, 1.82) is 0 Å². The molecule has 0 atom stereocenters. The summed E-state index contributed by atoms with van der Waals surface area (Å²) in [4.78, 5) is 28.6. The SMILES string of the molecule is COC(=O)c1ncn(-c2ccc([N+](=O)[O-])cn2)n1. The van der Waals surface area contributed by atoms with Crippen LogP contribution in [0.3, 0.4) is 0 Å². The second kappa shape index (κ2) is 4.57. The van der Waals surface area contributed by atoms with Gasteiger partial charge in [0, 0.05) is 6.07 Å². The predicted molar refractivity (Wildman–Crippen MR) is 57.1 cm³/mol. The zero-order valence-corrected chi connectivity index (χ0v) is 9.18. The summed E-state index contributed by atoms with van der Waals surface area (Å²) in [7, 11) is 1.22. The average molecular weight is 249 g/mol. The first-order chi connectivity index (χ1) is 8.61. The highest BCUT2D eigenvalue weighted by Gasteiger charge is 2.13. The van der Waals surface area contributed by atoms with Gasteiger partial charge < -0.3 is 4.74 Å². The zero-order valence-electron chi connectivity index (χ0n) is 9.18. The quantitative estimate of drug-likeness (QED) is 0.438. The molecule has 18 heavy (non-hydrogen) atoms. The molecule has 0 saturated heterocycles. The van der Waals surface area contributed by atoms with Crippen LogP contribution in [0.4, 0.5) is 5.69 Å². The second-order valence-electron chi connectivity index (χ2n) is 3.14. The summed E-state index contributed by atoms with van der Waals surface area (Å²) in [6, 6.07) is 2.68. The number of pyridine rings is 1. The van der Waals surface area contributed by atoms with E-state index in [1.165, 1.54) is 30.3 Å². The molecule has 0 aliphatic carbocycles. The van der Waals surface area contributed by atoms with E-state index in [1.807, 2.05) is 0 Å². The Labute approximate surface area is 100 Å². The fraction of sp³-hybridized carbons (Fsp3) is 0.111. The fourth-order valence-electron chi connectivity index (χ4n) is 1.18. The van der Waals surface area contributed by atoms with Gasteiger partial charge in [0.2, 0.25) is 0 Å². The summed E-state index contributed by atoms with van der Waals surface area (Å²) in [5, 5.41) is 14.3. The fourth-order valence-corrected chi connectivity index (χ4v) is 1.18. The Hall–Kier alpha value is -2.84. The molecule has 0 radical (unpaired) electrons. The Morgan fingerprint density at radius 1 is 1.44 bits per heavy atom. The number of aromatic nitrogens is 4. The van der Waals surface area contributed by atoms with E-state index < -0.39 is 10.9 Å². The maximum atomic E-state index is 11.1. The van der Waals surface area contributed by atoms with Crippen LogP contribution in [0.2, 0.25) is 0 Å². The molecule has 0 unspecified atom stereocenters.